The van der Waals surface area contributed by atoms with E-state index in [2.05, 4.69) is 10.5 Å². The Bertz CT molecular complexity index is 451. The lowest BCUT2D eigenvalue weighted by atomic mass is 10.3. The van der Waals surface area contributed by atoms with Crippen LogP contribution in [0, 0.1) is 10.5 Å². The van der Waals surface area contributed by atoms with Gasteiger partial charge in [0.15, 0.2) is 0 Å². The summed E-state index contributed by atoms with van der Waals surface area (Å²) in [5, 5.41) is 6.32. The number of fused-ring (bicyclic) bond motifs is 1. The van der Waals surface area contributed by atoms with E-state index in [9.17, 15) is 4.79 Å². The number of hydrogen-bond acceptors (Lipinski definition) is 5. The highest BCUT2D eigenvalue weighted by Crippen LogP contribution is 2.34. The van der Waals surface area contributed by atoms with Crippen molar-refractivity contribution in [3.8, 4) is 10.5 Å². The molecule has 0 fully saturated rings. The molecular weight excluding hydrogens is 312 g/mol. The first kappa shape index (κ1) is 15.8. The molecule has 0 aromatic heterocycles. The maximum Gasteiger partial charge on any atom is 0.208 e. The van der Waals surface area contributed by atoms with Gasteiger partial charge in [0, 0.05) is 11.5 Å². The topological polar surface area (TPSA) is 17.1 Å². The molecule has 0 unspecified atom stereocenters. The van der Waals surface area contributed by atoms with Crippen LogP contribution in [0.1, 0.15) is 32.1 Å². The molecule has 2 rings (SSSR count). The van der Waals surface area contributed by atoms with Gasteiger partial charge in [-0.05, 0) is 47.7 Å². The van der Waals surface area contributed by atoms with Gasteiger partial charge in [-0.15, -0.1) is 23.5 Å². The predicted molar refractivity (Wildman–Crippen MR) is 92.3 cm³/mol. The van der Waals surface area contributed by atoms with E-state index in [4.69, 9.17) is 0 Å². The first-order valence-electron chi connectivity index (χ1n) is 6.68. The fraction of sp³-hybridized carbons (Fsp3) is 0.643. The Hall–Kier alpha value is 0.370. The smallest absolute Gasteiger partial charge is 0.208 e. The van der Waals surface area contributed by atoms with Gasteiger partial charge in [-0.25, -0.2) is 0 Å². The summed E-state index contributed by atoms with van der Waals surface area (Å²) in [4.78, 5) is 13.7. The van der Waals surface area contributed by atoms with Crippen LogP contribution in [0.15, 0.2) is 14.6 Å². The van der Waals surface area contributed by atoms with Gasteiger partial charge in [-0.3, -0.25) is 4.79 Å². The highest BCUT2D eigenvalue weighted by Gasteiger charge is 2.22. The zero-order valence-corrected chi connectivity index (χ0v) is 14.2. The Kier molecular flexibility index (Phi) is 7.74. The van der Waals surface area contributed by atoms with Gasteiger partial charge in [0.05, 0.1) is 9.79 Å². The molecule has 1 aromatic carbocycles. The second-order valence-electron chi connectivity index (χ2n) is 4.35. The molecule has 0 saturated heterocycles. The van der Waals surface area contributed by atoms with Gasteiger partial charge in [-0.1, -0.05) is 29.9 Å². The fourth-order valence-corrected chi connectivity index (χ4v) is 5.35. The number of rotatable bonds is 0. The summed E-state index contributed by atoms with van der Waals surface area (Å²) in [5.74, 6) is 4.43. The van der Waals surface area contributed by atoms with Crippen LogP contribution in [-0.4, -0.2) is 23.0 Å². The molecule has 0 spiro atoms. The van der Waals surface area contributed by atoms with Gasteiger partial charge in [0.2, 0.25) is 5.43 Å². The van der Waals surface area contributed by atoms with Gasteiger partial charge < -0.3 is 0 Å². The third-order valence-corrected chi connectivity index (χ3v) is 6.85. The molecule has 104 valence electrons. The van der Waals surface area contributed by atoms with Crippen molar-refractivity contribution in [3.63, 3.8) is 0 Å². The van der Waals surface area contributed by atoms with E-state index < -0.39 is 0 Å². The van der Waals surface area contributed by atoms with E-state index in [1.54, 1.807) is 47.0 Å². The summed E-state index contributed by atoms with van der Waals surface area (Å²) in [6.45, 7) is 0. The van der Waals surface area contributed by atoms with E-state index in [1.807, 2.05) is 0 Å². The Morgan fingerprint density at radius 3 is 1.79 bits per heavy atom. The normalized spacial score (nSPS) is 20.2. The third-order valence-electron chi connectivity index (χ3n) is 2.77. The number of thioether (sulfide) groups is 4. The second kappa shape index (κ2) is 9.33. The van der Waals surface area contributed by atoms with Crippen LogP contribution in [0.25, 0.3) is 0 Å². The van der Waals surface area contributed by atoms with Crippen LogP contribution in [0.5, 0.6) is 0 Å². The molecule has 1 heterocycles. The fourth-order valence-electron chi connectivity index (χ4n) is 1.64. The molecule has 1 nitrogen and oxygen atoms in total. The third kappa shape index (κ3) is 6.12. The van der Waals surface area contributed by atoms with Gasteiger partial charge >= 0.3 is 0 Å². The molecule has 1 aromatic rings. The predicted octanol–water partition coefficient (Wildman–Crippen LogP) is 4.46. The van der Waals surface area contributed by atoms with Crippen LogP contribution >= 0.6 is 47.0 Å². The minimum atomic E-state index is 0.326. The molecule has 0 bridgehead atoms. The monoisotopic (exact) mass is 330 g/mol. The Morgan fingerprint density at radius 1 is 0.684 bits per heavy atom. The lowest BCUT2D eigenvalue weighted by Gasteiger charge is -1.97. The molecule has 0 amide bonds. The molecule has 5 heteroatoms. The second-order valence-corrected chi connectivity index (χ2v) is 8.37. The van der Waals surface area contributed by atoms with Gasteiger partial charge in [0.25, 0.3) is 0 Å². The minimum absolute atomic E-state index is 0.326. The van der Waals surface area contributed by atoms with Crippen molar-refractivity contribution in [2.45, 2.75) is 41.9 Å². The summed E-state index contributed by atoms with van der Waals surface area (Å²) in [6, 6.07) is 0. The summed E-state index contributed by atoms with van der Waals surface area (Å²) in [7, 11) is 0. The molecule has 0 aliphatic carbocycles. The van der Waals surface area contributed by atoms with E-state index in [1.165, 1.54) is 32.1 Å². The standard InChI is InChI=1S/C14H18OS4/c15-12-13-14(12)19-9-5-4-7-17-11-10-16-6-2-1-3-8-18-13/h1-9H2. The zero-order chi connectivity index (χ0) is 13.3. The van der Waals surface area contributed by atoms with Crippen molar-refractivity contribution in [2.75, 3.05) is 23.0 Å². The SMILES string of the molecule is O=c1c2c1SCCCCSC#CSCCCCCS2. The van der Waals surface area contributed by atoms with Crippen LogP contribution in [0.4, 0.5) is 0 Å². The first-order chi connectivity index (χ1) is 9.39. The molecule has 1 aliphatic rings. The van der Waals surface area contributed by atoms with Crippen LogP contribution in [-0.2, 0) is 0 Å². The van der Waals surface area contributed by atoms with Crippen molar-refractivity contribution in [3.05, 3.63) is 10.2 Å². The number of hydrogen-bond donors (Lipinski definition) is 0. The molecule has 0 atom stereocenters. The largest absolute Gasteiger partial charge is 0.287 e. The molecule has 1 aliphatic heterocycles. The zero-order valence-electron chi connectivity index (χ0n) is 10.9. The minimum Gasteiger partial charge on any atom is -0.287 e. The van der Waals surface area contributed by atoms with Crippen molar-refractivity contribution in [1.82, 2.24) is 0 Å². The van der Waals surface area contributed by atoms with E-state index in [0.29, 0.717) is 5.43 Å². The molecule has 0 N–H and O–H groups in total. The maximum absolute atomic E-state index is 11.6. The van der Waals surface area contributed by atoms with E-state index in [0.717, 1.165) is 32.8 Å². The van der Waals surface area contributed by atoms with E-state index in [-0.39, 0.29) is 0 Å². The summed E-state index contributed by atoms with van der Waals surface area (Å²) < 4.78 is 0. The quantitative estimate of drug-likeness (QED) is 0.651. The van der Waals surface area contributed by atoms with E-state index >= 15 is 0 Å². The first-order valence-corrected chi connectivity index (χ1v) is 10.6. The molecule has 19 heavy (non-hydrogen) atoms. The Labute approximate surface area is 132 Å². The van der Waals surface area contributed by atoms with Gasteiger partial charge in [-0.2, -0.15) is 0 Å². The van der Waals surface area contributed by atoms with Crippen molar-refractivity contribution in [2.24, 2.45) is 0 Å². The maximum atomic E-state index is 11.6. The van der Waals surface area contributed by atoms with Crippen molar-refractivity contribution in [1.29, 1.82) is 0 Å². The van der Waals surface area contributed by atoms with Crippen molar-refractivity contribution < 1.29 is 0 Å². The highest BCUT2D eigenvalue weighted by molar-refractivity contribution is 8.07. The summed E-state index contributed by atoms with van der Waals surface area (Å²) >= 11 is 7.00. The molecule has 0 radical (unpaired) electrons. The molecular formula is C14H18OS4. The lowest BCUT2D eigenvalue weighted by Crippen LogP contribution is -1.84. The van der Waals surface area contributed by atoms with Crippen LogP contribution in [0.3, 0.4) is 0 Å². The Balaban J connectivity index is 1.74. The lowest BCUT2D eigenvalue weighted by molar-refractivity contribution is 0.786. The van der Waals surface area contributed by atoms with Crippen LogP contribution < -0.4 is 5.43 Å². The van der Waals surface area contributed by atoms with Crippen LogP contribution in [0.2, 0.25) is 0 Å². The average molecular weight is 331 g/mol. The van der Waals surface area contributed by atoms with Crippen molar-refractivity contribution >= 4 is 47.0 Å². The summed E-state index contributed by atoms with van der Waals surface area (Å²) in [5.41, 5.74) is 0.326. The molecule has 0 saturated carbocycles. The summed E-state index contributed by atoms with van der Waals surface area (Å²) in [6.07, 6.45) is 6.07. The Morgan fingerprint density at radius 2 is 1.16 bits per heavy atom. The van der Waals surface area contributed by atoms with Gasteiger partial charge in [0.1, 0.15) is 0 Å². The highest BCUT2D eigenvalue weighted by atomic mass is 32.2. The average Bonchev–Trinajstić information content (AvgIpc) is 3.03.